The largest absolute Gasteiger partial charge is 0.372 e. The van der Waals surface area contributed by atoms with E-state index in [4.69, 9.17) is 0 Å². The van der Waals surface area contributed by atoms with Gasteiger partial charge in [-0.25, -0.2) is 0 Å². The third-order valence-electron chi connectivity index (χ3n) is 9.39. The van der Waals surface area contributed by atoms with Crippen LogP contribution in [0.3, 0.4) is 0 Å². The van der Waals surface area contributed by atoms with Crippen molar-refractivity contribution in [2.24, 2.45) is 22.2 Å². The van der Waals surface area contributed by atoms with Gasteiger partial charge in [0.25, 0.3) is 0 Å². The van der Waals surface area contributed by atoms with Gasteiger partial charge >= 0.3 is 0 Å². The predicted molar refractivity (Wildman–Crippen MR) is 160 cm³/mol. The Labute approximate surface area is 226 Å². The first kappa shape index (κ1) is 32.7. The summed E-state index contributed by atoms with van der Waals surface area (Å²) < 4.78 is 0. The highest BCUT2D eigenvalue weighted by Crippen LogP contribution is 2.46. The third-order valence-corrected chi connectivity index (χ3v) is 9.39. The second kappa shape index (κ2) is 13.0. The lowest BCUT2D eigenvalue weighted by Gasteiger charge is -2.51. The molecule has 2 aliphatic rings. The molecule has 0 aromatic heterocycles. The lowest BCUT2D eigenvalue weighted by atomic mass is 9.66. The number of carbonyl (C=O) groups is 1. The van der Waals surface area contributed by atoms with Crippen LogP contribution in [0.15, 0.2) is 35.6 Å². The van der Waals surface area contributed by atoms with E-state index in [9.17, 15) is 4.79 Å². The minimum atomic E-state index is 0.0221. The molecule has 36 heavy (non-hydrogen) atoms. The molecular formula is C34H61NO. The normalized spacial score (nSPS) is 20.8. The Morgan fingerprint density at radius 3 is 2.03 bits per heavy atom. The van der Waals surface area contributed by atoms with Crippen LogP contribution in [0.1, 0.15) is 141 Å². The Kier molecular flexibility index (Phi) is 11.8. The van der Waals surface area contributed by atoms with Gasteiger partial charge in [0.15, 0.2) is 5.78 Å². The fourth-order valence-corrected chi connectivity index (χ4v) is 6.39. The first-order valence-electron chi connectivity index (χ1n) is 14.9. The van der Waals surface area contributed by atoms with E-state index in [0.717, 1.165) is 30.9 Å². The average Bonchev–Trinajstić information content (AvgIpc) is 2.78. The quantitative estimate of drug-likeness (QED) is 0.294. The van der Waals surface area contributed by atoms with E-state index in [0.29, 0.717) is 23.0 Å². The van der Waals surface area contributed by atoms with E-state index >= 15 is 0 Å². The fourth-order valence-electron chi connectivity index (χ4n) is 6.39. The van der Waals surface area contributed by atoms with Crippen LogP contribution in [0.25, 0.3) is 0 Å². The number of rotatable bonds is 9. The van der Waals surface area contributed by atoms with Crippen molar-refractivity contribution in [3.63, 3.8) is 0 Å². The topological polar surface area (TPSA) is 20.3 Å². The van der Waals surface area contributed by atoms with Gasteiger partial charge in [-0.05, 0) is 93.5 Å². The second-order valence-corrected chi connectivity index (χ2v) is 14.0. The molecule has 0 aromatic rings. The molecule has 0 unspecified atom stereocenters. The van der Waals surface area contributed by atoms with Crippen LogP contribution in [0.2, 0.25) is 0 Å². The zero-order valence-electron chi connectivity index (χ0n) is 26.4. The molecule has 1 heterocycles. The number of carbonyl (C=O) groups excluding carboxylic acids is 1. The Balaban J connectivity index is 0.000000426. The zero-order valence-corrected chi connectivity index (χ0v) is 26.4. The molecule has 0 amide bonds. The predicted octanol–water partition coefficient (Wildman–Crippen LogP) is 10.3. The van der Waals surface area contributed by atoms with E-state index in [1.165, 1.54) is 49.7 Å². The number of Topliss-reactive ketones (excluding diaryl/α,β-unsaturated/α-hetero) is 1. The fraction of sp³-hybridized carbons (Fsp3) is 0.794. The Hall–Kier alpha value is -1.31. The lowest BCUT2D eigenvalue weighted by molar-refractivity contribution is -0.116. The van der Waals surface area contributed by atoms with Crippen LogP contribution >= 0.6 is 0 Å². The van der Waals surface area contributed by atoms with Gasteiger partial charge < -0.3 is 4.90 Å². The van der Waals surface area contributed by atoms with Gasteiger partial charge in [0.1, 0.15) is 0 Å². The van der Waals surface area contributed by atoms with Crippen molar-refractivity contribution < 1.29 is 4.79 Å². The summed E-state index contributed by atoms with van der Waals surface area (Å²) in [5, 5.41) is 0. The number of allylic oxidation sites excluding steroid dienone is 4. The van der Waals surface area contributed by atoms with Gasteiger partial charge in [-0.1, -0.05) is 87.0 Å². The van der Waals surface area contributed by atoms with Gasteiger partial charge in [0.2, 0.25) is 0 Å². The van der Waals surface area contributed by atoms with Crippen LogP contribution in [0.4, 0.5) is 0 Å². The second-order valence-electron chi connectivity index (χ2n) is 14.0. The smallest absolute Gasteiger partial charge is 0.160 e. The molecule has 0 atom stereocenters. The molecule has 0 aromatic carbocycles. The minimum absolute atomic E-state index is 0.0221. The summed E-state index contributed by atoms with van der Waals surface area (Å²) in [6.45, 7) is 32.4. The van der Waals surface area contributed by atoms with Crippen molar-refractivity contribution in [3.8, 4) is 0 Å². The van der Waals surface area contributed by atoms with E-state index < -0.39 is 0 Å². The molecule has 0 radical (unpaired) electrons. The molecular weight excluding hydrogens is 438 g/mol. The molecule has 1 fully saturated rings. The maximum Gasteiger partial charge on any atom is 0.160 e. The summed E-state index contributed by atoms with van der Waals surface area (Å²) in [4.78, 5) is 14.9. The van der Waals surface area contributed by atoms with E-state index in [2.05, 4.69) is 99.9 Å². The first-order valence-corrected chi connectivity index (χ1v) is 14.9. The Bertz CT molecular complexity index is 795. The average molecular weight is 500 g/mol. The molecule has 0 spiro atoms. The molecule has 1 aliphatic heterocycles. The van der Waals surface area contributed by atoms with Crippen molar-refractivity contribution in [2.75, 3.05) is 6.54 Å². The number of hydrogen-bond donors (Lipinski definition) is 0. The lowest BCUT2D eigenvalue weighted by Crippen LogP contribution is -2.51. The standard InChI is InChI=1S/C21H37NO.C13H24/c1-8-18(23)17-15-22(14-13-20(17,4)5)21(6,7)16-9-11-19(2,3)12-10-16;1-7-10-13(5,6)12(9-3)11(4)8-2/h15-16H,8-14H2,1-7H3;9H,4,7-8,10H2,1-3,5-6H3/b;12-9-. The Morgan fingerprint density at radius 2 is 1.58 bits per heavy atom. The monoisotopic (exact) mass is 499 g/mol. The summed E-state index contributed by atoms with van der Waals surface area (Å²) >= 11 is 0. The highest BCUT2D eigenvalue weighted by atomic mass is 16.1. The molecule has 0 saturated heterocycles. The molecule has 2 rings (SSSR count). The van der Waals surface area contributed by atoms with Gasteiger partial charge in [-0.2, -0.15) is 0 Å². The molecule has 0 N–H and O–H groups in total. The molecule has 0 bridgehead atoms. The Morgan fingerprint density at radius 1 is 1.03 bits per heavy atom. The highest BCUT2D eigenvalue weighted by molar-refractivity contribution is 5.96. The molecule has 2 heteroatoms. The van der Waals surface area contributed by atoms with Crippen LogP contribution in [-0.4, -0.2) is 22.8 Å². The maximum absolute atomic E-state index is 12.4. The van der Waals surface area contributed by atoms with Crippen molar-refractivity contribution in [1.29, 1.82) is 0 Å². The first-order chi connectivity index (χ1) is 16.5. The van der Waals surface area contributed by atoms with Gasteiger partial charge in [-0.3, -0.25) is 4.79 Å². The van der Waals surface area contributed by atoms with Crippen LogP contribution in [-0.2, 0) is 4.79 Å². The van der Waals surface area contributed by atoms with Crippen molar-refractivity contribution in [2.45, 2.75) is 146 Å². The van der Waals surface area contributed by atoms with E-state index in [-0.39, 0.29) is 11.0 Å². The maximum atomic E-state index is 12.4. The van der Waals surface area contributed by atoms with Gasteiger partial charge in [0, 0.05) is 30.3 Å². The summed E-state index contributed by atoms with van der Waals surface area (Å²) in [5.74, 6) is 1.05. The number of hydrogen-bond acceptors (Lipinski definition) is 2. The van der Waals surface area contributed by atoms with E-state index in [1.807, 2.05) is 6.92 Å². The SMILES string of the molecule is C=C(CC)/C(=C/C)C(C)(C)CCC.CCC(=O)C1=CN(C(C)(C)C2CCC(C)(C)CC2)CCC1(C)C. The molecule has 1 saturated carbocycles. The van der Waals surface area contributed by atoms with Crippen molar-refractivity contribution in [1.82, 2.24) is 4.90 Å². The molecule has 1 aliphatic carbocycles. The van der Waals surface area contributed by atoms with Gasteiger partial charge in [-0.15, -0.1) is 0 Å². The molecule has 208 valence electrons. The highest BCUT2D eigenvalue weighted by Gasteiger charge is 2.42. The zero-order chi connectivity index (χ0) is 27.9. The van der Waals surface area contributed by atoms with Crippen LogP contribution in [0.5, 0.6) is 0 Å². The minimum Gasteiger partial charge on any atom is -0.372 e. The summed E-state index contributed by atoms with van der Waals surface area (Å²) in [7, 11) is 0. The summed E-state index contributed by atoms with van der Waals surface area (Å²) in [6, 6.07) is 0. The van der Waals surface area contributed by atoms with Crippen molar-refractivity contribution in [3.05, 3.63) is 35.6 Å². The van der Waals surface area contributed by atoms with Crippen molar-refractivity contribution >= 4 is 5.78 Å². The molecule has 2 nitrogen and oxygen atoms in total. The van der Waals surface area contributed by atoms with Crippen LogP contribution < -0.4 is 0 Å². The third kappa shape index (κ3) is 8.35. The van der Waals surface area contributed by atoms with Crippen LogP contribution in [0, 0.1) is 22.2 Å². The number of ketones is 1. The van der Waals surface area contributed by atoms with Gasteiger partial charge in [0.05, 0.1) is 0 Å². The van der Waals surface area contributed by atoms with E-state index in [1.54, 1.807) is 0 Å². The summed E-state index contributed by atoms with van der Waals surface area (Å²) in [5.41, 5.74) is 4.75. The number of nitrogens with zero attached hydrogens (tertiary/aromatic N) is 1. The summed E-state index contributed by atoms with van der Waals surface area (Å²) in [6.07, 6.45) is 14.9.